The molecule has 0 saturated carbocycles. The van der Waals surface area contributed by atoms with Crippen molar-refractivity contribution in [1.29, 1.82) is 0 Å². The van der Waals surface area contributed by atoms with Crippen molar-refractivity contribution in [3.05, 3.63) is 51.5 Å². The lowest BCUT2D eigenvalue weighted by molar-refractivity contribution is 0.0777. The highest BCUT2D eigenvalue weighted by molar-refractivity contribution is 6.35. The molecule has 1 N–H and O–H groups in total. The lowest BCUT2D eigenvalue weighted by Gasteiger charge is -2.20. The summed E-state index contributed by atoms with van der Waals surface area (Å²) in [6.07, 6.45) is 0.851. The number of benzene rings is 1. The molecule has 0 bridgehead atoms. The zero-order chi connectivity index (χ0) is 13.4. The van der Waals surface area contributed by atoms with E-state index in [9.17, 15) is 5.11 Å². The molecule has 3 rings (SSSR count). The summed E-state index contributed by atoms with van der Waals surface area (Å²) in [6, 6.07) is 5.06. The minimum atomic E-state index is -0.816. The van der Waals surface area contributed by atoms with Crippen LogP contribution in [-0.4, -0.2) is 21.3 Å². The van der Waals surface area contributed by atoms with Gasteiger partial charge in [-0.15, -0.1) is 0 Å². The molecule has 4 nitrogen and oxygen atoms in total. The third-order valence-electron chi connectivity index (χ3n) is 3.20. The zero-order valence-electron chi connectivity index (χ0n) is 10.0. The fraction of sp³-hybridized carbons (Fsp3) is 0.308. The summed E-state index contributed by atoms with van der Waals surface area (Å²) in [7, 11) is 0. The van der Waals surface area contributed by atoms with Crippen molar-refractivity contribution in [1.82, 2.24) is 9.55 Å². The summed E-state index contributed by atoms with van der Waals surface area (Å²) >= 11 is 12.0. The van der Waals surface area contributed by atoms with Gasteiger partial charge < -0.3 is 14.4 Å². The van der Waals surface area contributed by atoms with Crippen molar-refractivity contribution in [2.45, 2.75) is 19.3 Å². The SMILES string of the molecule is OC(c1ccc(Cl)cc1Cl)c1cnc2n1CCOC2. The first-order chi connectivity index (χ1) is 9.16. The lowest BCUT2D eigenvalue weighted by atomic mass is 10.1. The van der Waals surface area contributed by atoms with Gasteiger partial charge in [0.05, 0.1) is 18.5 Å². The summed E-state index contributed by atoms with van der Waals surface area (Å²) in [5.41, 5.74) is 1.35. The topological polar surface area (TPSA) is 47.3 Å². The van der Waals surface area contributed by atoms with Crippen LogP contribution >= 0.6 is 23.2 Å². The van der Waals surface area contributed by atoms with Gasteiger partial charge in [0, 0.05) is 22.2 Å². The number of halogens is 2. The lowest BCUT2D eigenvalue weighted by Crippen LogP contribution is -2.20. The minimum absolute atomic E-state index is 0.447. The molecule has 0 amide bonds. The van der Waals surface area contributed by atoms with Crippen LogP contribution in [0.1, 0.15) is 23.2 Å². The Hall–Kier alpha value is -1.07. The van der Waals surface area contributed by atoms with Gasteiger partial charge in [0.2, 0.25) is 0 Å². The Morgan fingerprint density at radius 3 is 3.00 bits per heavy atom. The molecule has 0 saturated heterocycles. The normalized spacial score (nSPS) is 16.2. The molecule has 1 aromatic heterocycles. The molecule has 1 atom stereocenters. The number of rotatable bonds is 2. The molecule has 0 radical (unpaired) electrons. The molecule has 1 aliphatic heterocycles. The van der Waals surface area contributed by atoms with E-state index in [2.05, 4.69) is 4.98 Å². The largest absolute Gasteiger partial charge is 0.382 e. The molecule has 19 heavy (non-hydrogen) atoms. The molecule has 0 fully saturated rings. The van der Waals surface area contributed by atoms with Crippen molar-refractivity contribution < 1.29 is 9.84 Å². The Morgan fingerprint density at radius 2 is 2.21 bits per heavy atom. The molecule has 100 valence electrons. The Bertz CT molecular complexity index is 613. The summed E-state index contributed by atoms with van der Waals surface area (Å²) in [5, 5.41) is 11.5. The predicted molar refractivity (Wildman–Crippen MR) is 72.4 cm³/mol. The maximum Gasteiger partial charge on any atom is 0.135 e. The van der Waals surface area contributed by atoms with Crippen LogP contribution in [0.2, 0.25) is 10.0 Å². The van der Waals surface area contributed by atoms with Gasteiger partial charge >= 0.3 is 0 Å². The third kappa shape index (κ3) is 2.37. The van der Waals surface area contributed by atoms with Crippen molar-refractivity contribution >= 4 is 23.2 Å². The first-order valence-electron chi connectivity index (χ1n) is 5.92. The molecule has 2 aromatic rings. The molecular formula is C13H12Cl2N2O2. The van der Waals surface area contributed by atoms with Crippen LogP contribution in [0.3, 0.4) is 0 Å². The highest BCUT2D eigenvalue weighted by Crippen LogP contribution is 2.31. The molecule has 1 aliphatic rings. The Kier molecular flexibility index (Phi) is 3.50. The van der Waals surface area contributed by atoms with Crippen LogP contribution in [0.25, 0.3) is 0 Å². The Labute approximate surface area is 120 Å². The summed E-state index contributed by atoms with van der Waals surface area (Å²) in [5.74, 6) is 0.824. The number of hydrogen-bond donors (Lipinski definition) is 1. The van der Waals surface area contributed by atoms with Crippen molar-refractivity contribution in [2.75, 3.05) is 6.61 Å². The third-order valence-corrected chi connectivity index (χ3v) is 3.76. The molecule has 0 aliphatic carbocycles. The maximum absolute atomic E-state index is 10.5. The van der Waals surface area contributed by atoms with Crippen LogP contribution in [0, 0.1) is 0 Å². The highest BCUT2D eigenvalue weighted by atomic mass is 35.5. The van der Waals surface area contributed by atoms with E-state index in [1.54, 1.807) is 24.4 Å². The van der Waals surface area contributed by atoms with Crippen LogP contribution in [0.5, 0.6) is 0 Å². The standard InChI is InChI=1S/C13H12Cl2N2O2/c14-8-1-2-9(10(15)5-8)13(18)11-6-16-12-7-19-4-3-17(11)12/h1-2,5-6,13,18H,3-4,7H2. The number of ether oxygens (including phenoxy) is 1. The van der Waals surface area contributed by atoms with E-state index < -0.39 is 6.10 Å². The number of aromatic nitrogens is 2. The smallest absolute Gasteiger partial charge is 0.135 e. The Morgan fingerprint density at radius 1 is 1.37 bits per heavy atom. The van der Waals surface area contributed by atoms with Crippen LogP contribution in [0.4, 0.5) is 0 Å². The zero-order valence-corrected chi connectivity index (χ0v) is 11.5. The first-order valence-corrected chi connectivity index (χ1v) is 6.67. The molecular weight excluding hydrogens is 287 g/mol. The summed E-state index contributed by atoms with van der Waals surface area (Å²) in [6.45, 7) is 1.78. The van der Waals surface area contributed by atoms with Crippen LogP contribution in [0.15, 0.2) is 24.4 Å². The fourth-order valence-electron chi connectivity index (χ4n) is 2.22. The molecule has 1 unspecified atom stereocenters. The number of fused-ring (bicyclic) bond motifs is 1. The van der Waals surface area contributed by atoms with E-state index in [0.29, 0.717) is 35.4 Å². The number of imidazole rings is 1. The number of aliphatic hydroxyl groups is 1. The molecule has 2 heterocycles. The average molecular weight is 299 g/mol. The number of nitrogens with zero attached hydrogens (tertiary/aromatic N) is 2. The van der Waals surface area contributed by atoms with Crippen molar-refractivity contribution in [3.8, 4) is 0 Å². The van der Waals surface area contributed by atoms with Gasteiger partial charge in [-0.2, -0.15) is 0 Å². The quantitative estimate of drug-likeness (QED) is 0.927. The van der Waals surface area contributed by atoms with Crippen molar-refractivity contribution in [3.63, 3.8) is 0 Å². The van der Waals surface area contributed by atoms with Crippen LogP contribution in [-0.2, 0) is 17.9 Å². The monoisotopic (exact) mass is 298 g/mol. The second-order valence-corrected chi connectivity index (χ2v) is 5.22. The van der Waals surface area contributed by atoms with Crippen molar-refractivity contribution in [2.24, 2.45) is 0 Å². The second kappa shape index (κ2) is 5.13. The van der Waals surface area contributed by atoms with Gasteiger partial charge in [0.25, 0.3) is 0 Å². The number of aliphatic hydroxyl groups excluding tert-OH is 1. The highest BCUT2D eigenvalue weighted by Gasteiger charge is 2.22. The number of hydrogen-bond acceptors (Lipinski definition) is 3. The first kappa shape index (κ1) is 12.9. The maximum atomic E-state index is 10.5. The van der Waals surface area contributed by atoms with Gasteiger partial charge in [-0.3, -0.25) is 0 Å². The molecule has 6 heteroatoms. The van der Waals surface area contributed by atoms with Gasteiger partial charge in [-0.25, -0.2) is 4.98 Å². The summed E-state index contributed by atoms with van der Waals surface area (Å²) < 4.78 is 7.30. The van der Waals surface area contributed by atoms with Crippen LogP contribution < -0.4 is 0 Å². The van der Waals surface area contributed by atoms with E-state index in [1.807, 2.05) is 4.57 Å². The van der Waals surface area contributed by atoms with E-state index in [0.717, 1.165) is 11.5 Å². The van der Waals surface area contributed by atoms with E-state index in [4.69, 9.17) is 27.9 Å². The minimum Gasteiger partial charge on any atom is -0.382 e. The van der Waals surface area contributed by atoms with E-state index in [-0.39, 0.29) is 0 Å². The van der Waals surface area contributed by atoms with Gasteiger partial charge in [0.15, 0.2) is 0 Å². The molecule has 0 spiro atoms. The predicted octanol–water partition coefficient (Wildman–Crippen LogP) is 2.80. The van der Waals surface area contributed by atoms with E-state index in [1.165, 1.54) is 0 Å². The summed E-state index contributed by atoms with van der Waals surface area (Å²) in [4.78, 5) is 4.26. The fourth-order valence-corrected chi connectivity index (χ4v) is 2.73. The average Bonchev–Trinajstić information content (AvgIpc) is 2.82. The van der Waals surface area contributed by atoms with Gasteiger partial charge in [0.1, 0.15) is 18.5 Å². The van der Waals surface area contributed by atoms with Gasteiger partial charge in [-0.05, 0) is 12.1 Å². The second-order valence-electron chi connectivity index (χ2n) is 4.37. The van der Waals surface area contributed by atoms with Gasteiger partial charge in [-0.1, -0.05) is 29.3 Å². The Balaban J connectivity index is 1.99. The van der Waals surface area contributed by atoms with E-state index >= 15 is 0 Å². The molecule has 1 aromatic carbocycles.